The largest absolute Gasteiger partial charge is 0.393 e. The van der Waals surface area contributed by atoms with E-state index in [1.165, 1.54) is 0 Å². The van der Waals surface area contributed by atoms with Gasteiger partial charge >= 0.3 is 0 Å². The Morgan fingerprint density at radius 2 is 2.23 bits per heavy atom. The molecule has 3 heteroatoms. The molecule has 0 aliphatic carbocycles. The molecular formula is C10H21NO2. The molecule has 2 atom stereocenters. The Kier molecular flexibility index (Phi) is 4.16. The van der Waals surface area contributed by atoms with Crippen LogP contribution in [0.2, 0.25) is 0 Å². The average Bonchev–Trinajstić information content (AvgIpc) is 2.08. The second kappa shape index (κ2) is 4.94. The molecule has 0 amide bonds. The molecule has 0 spiro atoms. The lowest BCUT2D eigenvalue weighted by molar-refractivity contribution is -0.0466. The van der Waals surface area contributed by atoms with E-state index in [9.17, 15) is 5.11 Å². The van der Waals surface area contributed by atoms with Gasteiger partial charge in [-0.3, -0.25) is 0 Å². The molecule has 1 heterocycles. The molecule has 1 fully saturated rings. The third-order valence-electron chi connectivity index (χ3n) is 2.84. The first kappa shape index (κ1) is 11.0. The standard InChI is InChI=1S/C10H21NO2/c1-8(2)11(3)6-9-7-13-5-4-10(9)12/h8-10,12H,4-7H2,1-3H3. The van der Waals surface area contributed by atoms with Crippen LogP contribution in [0.4, 0.5) is 0 Å². The van der Waals surface area contributed by atoms with Gasteiger partial charge in [-0.05, 0) is 27.3 Å². The van der Waals surface area contributed by atoms with Gasteiger partial charge in [0.05, 0.1) is 12.7 Å². The number of nitrogens with zero attached hydrogens (tertiary/aromatic N) is 1. The van der Waals surface area contributed by atoms with Crippen molar-refractivity contribution in [3.8, 4) is 0 Å². The van der Waals surface area contributed by atoms with Gasteiger partial charge in [-0.15, -0.1) is 0 Å². The molecule has 0 aromatic heterocycles. The average molecular weight is 187 g/mol. The molecular weight excluding hydrogens is 166 g/mol. The number of aliphatic hydroxyl groups is 1. The van der Waals surface area contributed by atoms with Gasteiger partial charge in [0.15, 0.2) is 0 Å². The van der Waals surface area contributed by atoms with Crippen LogP contribution in [0.1, 0.15) is 20.3 Å². The van der Waals surface area contributed by atoms with E-state index in [4.69, 9.17) is 4.74 Å². The van der Waals surface area contributed by atoms with Crippen molar-refractivity contribution in [1.82, 2.24) is 4.90 Å². The zero-order valence-corrected chi connectivity index (χ0v) is 8.86. The second-order valence-corrected chi connectivity index (χ2v) is 4.22. The molecule has 0 aromatic rings. The molecule has 1 aliphatic rings. The Bertz CT molecular complexity index is 150. The van der Waals surface area contributed by atoms with Gasteiger partial charge in [0.1, 0.15) is 0 Å². The molecule has 2 unspecified atom stereocenters. The minimum Gasteiger partial charge on any atom is -0.393 e. The highest BCUT2D eigenvalue weighted by Gasteiger charge is 2.25. The van der Waals surface area contributed by atoms with Crippen LogP contribution in [0.25, 0.3) is 0 Å². The number of rotatable bonds is 3. The summed E-state index contributed by atoms with van der Waals surface area (Å²) in [5, 5.41) is 9.69. The third-order valence-corrected chi connectivity index (χ3v) is 2.84. The summed E-state index contributed by atoms with van der Waals surface area (Å²) < 4.78 is 5.35. The fourth-order valence-corrected chi connectivity index (χ4v) is 1.54. The van der Waals surface area contributed by atoms with Crippen LogP contribution >= 0.6 is 0 Å². The Labute approximate surface area is 80.7 Å². The zero-order chi connectivity index (χ0) is 9.84. The summed E-state index contributed by atoms with van der Waals surface area (Å²) in [6.07, 6.45) is 0.617. The van der Waals surface area contributed by atoms with E-state index in [0.29, 0.717) is 25.2 Å². The van der Waals surface area contributed by atoms with Crippen molar-refractivity contribution in [2.24, 2.45) is 5.92 Å². The van der Waals surface area contributed by atoms with E-state index in [1.807, 2.05) is 0 Å². The summed E-state index contributed by atoms with van der Waals surface area (Å²) in [4.78, 5) is 2.25. The van der Waals surface area contributed by atoms with Crippen molar-refractivity contribution < 1.29 is 9.84 Å². The first-order valence-electron chi connectivity index (χ1n) is 5.07. The smallest absolute Gasteiger partial charge is 0.0624 e. The lowest BCUT2D eigenvalue weighted by Gasteiger charge is -2.32. The molecule has 0 radical (unpaired) electrons. The molecule has 1 saturated heterocycles. The lowest BCUT2D eigenvalue weighted by Crippen LogP contribution is -2.41. The molecule has 0 aromatic carbocycles. The predicted molar refractivity (Wildman–Crippen MR) is 52.7 cm³/mol. The second-order valence-electron chi connectivity index (χ2n) is 4.22. The molecule has 1 aliphatic heterocycles. The summed E-state index contributed by atoms with van der Waals surface area (Å²) >= 11 is 0. The van der Waals surface area contributed by atoms with Gasteiger partial charge in [0.25, 0.3) is 0 Å². The monoisotopic (exact) mass is 187 g/mol. The predicted octanol–water partition coefficient (Wildman–Crippen LogP) is 0.724. The van der Waals surface area contributed by atoms with Crippen LogP contribution < -0.4 is 0 Å². The maximum absolute atomic E-state index is 9.69. The van der Waals surface area contributed by atoms with Gasteiger partial charge in [0.2, 0.25) is 0 Å². The van der Waals surface area contributed by atoms with Crippen molar-refractivity contribution in [2.45, 2.75) is 32.4 Å². The quantitative estimate of drug-likeness (QED) is 0.707. The fourth-order valence-electron chi connectivity index (χ4n) is 1.54. The Hall–Kier alpha value is -0.120. The lowest BCUT2D eigenvalue weighted by atomic mass is 9.98. The molecule has 78 valence electrons. The molecule has 1 N–H and O–H groups in total. The van der Waals surface area contributed by atoms with Gasteiger partial charge in [-0.25, -0.2) is 0 Å². The van der Waals surface area contributed by atoms with Crippen LogP contribution in [0.15, 0.2) is 0 Å². The zero-order valence-electron chi connectivity index (χ0n) is 8.86. The van der Waals surface area contributed by atoms with Gasteiger partial charge in [0, 0.05) is 25.1 Å². The van der Waals surface area contributed by atoms with Crippen molar-refractivity contribution in [2.75, 3.05) is 26.8 Å². The summed E-state index contributed by atoms with van der Waals surface area (Å²) in [5.74, 6) is 0.293. The third kappa shape index (κ3) is 3.25. The van der Waals surface area contributed by atoms with Gasteiger partial charge in [-0.1, -0.05) is 0 Å². The van der Waals surface area contributed by atoms with E-state index in [-0.39, 0.29) is 6.10 Å². The fraction of sp³-hybridized carbons (Fsp3) is 1.00. The Morgan fingerprint density at radius 1 is 1.54 bits per heavy atom. The highest BCUT2D eigenvalue weighted by Crippen LogP contribution is 2.16. The maximum atomic E-state index is 9.69. The first-order chi connectivity index (χ1) is 6.11. The van der Waals surface area contributed by atoms with Crippen LogP contribution in [0, 0.1) is 5.92 Å². The minimum absolute atomic E-state index is 0.171. The van der Waals surface area contributed by atoms with E-state index in [2.05, 4.69) is 25.8 Å². The van der Waals surface area contributed by atoms with E-state index in [0.717, 1.165) is 13.0 Å². The van der Waals surface area contributed by atoms with E-state index in [1.54, 1.807) is 0 Å². The van der Waals surface area contributed by atoms with Crippen molar-refractivity contribution in [3.05, 3.63) is 0 Å². The summed E-state index contributed by atoms with van der Waals surface area (Å²) in [6.45, 7) is 6.67. The van der Waals surface area contributed by atoms with Crippen LogP contribution in [-0.2, 0) is 4.74 Å². The van der Waals surface area contributed by atoms with E-state index >= 15 is 0 Å². The maximum Gasteiger partial charge on any atom is 0.0624 e. The number of hydrogen-bond donors (Lipinski definition) is 1. The van der Waals surface area contributed by atoms with Crippen LogP contribution in [-0.4, -0.2) is 49.0 Å². The van der Waals surface area contributed by atoms with Gasteiger partial charge < -0.3 is 14.7 Å². The molecule has 13 heavy (non-hydrogen) atoms. The normalized spacial score (nSPS) is 30.0. The first-order valence-corrected chi connectivity index (χ1v) is 5.07. The number of hydrogen-bond acceptors (Lipinski definition) is 3. The molecule has 1 rings (SSSR count). The van der Waals surface area contributed by atoms with Crippen LogP contribution in [0.5, 0.6) is 0 Å². The topological polar surface area (TPSA) is 32.7 Å². The highest BCUT2D eigenvalue weighted by molar-refractivity contribution is 4.76. The molecule has 0 saturated carbocycles. The Balaban J connectivity index is 2.33. The number of aliphatic hydroxyl groups excluding tert-OH is 1. The molecule has 3 nitrogen and oxygen atoms in total. The summed E-state index contributed by atoms with van der Waals surface area (Å²) in [6, 6.07) is 0.536. The van der Waals surface area contributed by atoms with Gasteiger partial charge in [-0.2, -0.15) is 0 Å². The highest BCUT2D eigenvalue weighted by atomic mass is 16.5. The van der Waals surface area contributed by atoms with Crippen molar-refractivity contribution in [1.29, 1.82) is 0 Å². The van der Waals surface area contributed by atoms with Crippen LogP contribution in [0.3, 0.4) is 0 Å². The summed E-state index contributed by atoms with van der Waals surface area (Å²) in [7, 11) is 2.09. The van der Waals surface area contributed by atoms with E-state index < -0.39 is 0 Å². The molecule has 0 bridgehead atoms. The van der Waals surface area contributed by atoms with Crippen molar-refractivity contribution in [3.63, 3.8) is 0 Å². The minimum atomic E-state index is -0.171. The summed E-state index contributed by atoms with van der Waals surface area (Å²) in [5.41, 5.74) is 0. The number of ether oxygens (including phenoxy) is 1. The van der Waals surface area contributed by atoms with Crippen molar-refractivity contribution >= 4 is 0 Å². The SMILES string of the molecule is CC(C)N(C)CC1COCCC1O. The Morgan fingerprint density at radius 3 is 2.77 bits per heavy atom.